The van der Waals surface area contributed by atoms with Gasteiger partial charge in [-0.15, -0.1) is 0 Å². The number of nitrogens with one attached hydrogen (secondary N) is 1. The highest BCUT2D eigenvalue weighted by Crippen LogP contribution is 2.11. The maximum Gasteiger partial charge on any atom is 0.272 e. The summed E-state index contributed by atoms with van der Waals surface area (Å²) in [4.78, 5) is 17.1. The second kappa shape index (κ2) is 5.79. The minimum Gasteiger partial charge on any atom is -0.393 e. The number of hydrogen-bond donors (Lipinski definition) is 3. The van der Waals surface area contributed by atoms with Gasteiger partial charge in [-0.25, -0.2) is 0 Å². The summed E-state index contributed by atoms with van der Waals surface area (Å²) in [7, 11) is 3.31. The van der Waals surface area contributed by atoms with Crippen molar-refractivity contribution in [3.8, 4) is 0 Å². The molecule has 0 fully saturated rings. The molecule has 0 bridgehead atoms. The number of nitrogens with zero attached hydrogens (tertiary/aromatic N) is 2. The van der Waals surface area contributed by atoms with Gasteiger partial charge in [-0.3, -0.25) is 9.78 Å². The van der Waals surface area contributed by atoms with Crippen LogP contribution < -0.4 is 5.32 Å². The van der Waals surface area contributed by atoms with Gasteiger partial charge >= 0.3 is 0 Å². The van der Waals surface area contributed by atoms with E-state index in [1.165, 1.54) is 18.0 Å². The molecule has 1 rings (SSSR count). The van der Waals surface area contributed by atoms with Crippen molar-refractivity contribution in [2.75, 3.05) is 32.6 Å². The molecule has 0 aliphatic rings. The van der Waals surface area contributed by atoms with E-state index in [2.05, 4.69) is 10.3 Å². The van der Waals surface area contributed by atoms with Gasteiger partial charge in [0.05, 0.1) is 6.61 Å². The molecule has 18 heavy (non-hydrogen) atoms. The van der Waals surface area contributed by atoms with Crippen LogP contribution in [0.15, 0.2) is 18.3 Å². The van der Waals surface area contributed by atoms with Gasteiger partial charge in [-0.2, -0.15) is 0 Å². The molecule has 1 heterocycles. The number of hydrogen-bond acceptors (Lipinski definition) is 5. The summed E-state index contributed by atoms with van der Waals surface area (Å²) in [6, 6.07) is 3.30. The van der Waals surface area contributed by atoms with Crippen LogP contribution in [0.25, 0.3) is 0 Å². The predicted octanol–water partition coefficient (Wildman–Crippen LogP) is -0.0614. The first-order valence-electron chi connectivity index (χ1n) is 5.60. The summed E-state index contributed by atoms with van der Waals surface area (Å²) in [5, 5.41) is 21.5. The SMILES string of the molecule is CN(C)C(=O)c1cc(NCC(C)(O)CO)ccn1. The van der Waals surface area contributed by atoms with Gasteiger partial charge < -0.3 is 20.4 Å². The molecular weight excluding hydrogens is 234 g/mol. The monoisotopic (exact) mass is 253 g/mol. The van der Waals surface area contributed by atoms with Crippen LogP contribution in [-0.4, -0.2) is 58.9 Å². The maximum absolute atomic E-state index is 11.7. The smallest absolute Gasteiger partial charge is 0.272 e. The van der Waals surface area contributed by atoms with Crippen molar-refractivity contribution in [2.45, 2.75) is 12.5 Å². The third-order valence-electron chi connectivity index (χ3n) is 2.40. The lowest BCUT2D eigenvalue weighted by molar-refractivity contribution is 0.0132. The van der Waals surface area contributed by atoms with Gasteiger partial charge in [0.2, 0.25) is 0 Å². The average Bonchev–Trinajstić information content (AvgIpc) is 2.36. The summed E-state index contributed by atoms with van der Waals surface area (Å²) in [6.07, 6.45) is 1.52. The number of rotatable bonds is 5. The highest BCUT2D eigenvalue weighted by atomic mass is 16.3. The largest absolute Gasteiger partial charge is 0.393 e. The zero-order chi connectivity index (χ0) is 13.8. The third-order valence-corrected chi connectivity index (χ3v) is 2.40. The van der Waals surface area contributed by atoms with Gasteiger partial charge in [-0.1, -0.05) is 0 Å². The fourth-order valence-corrected chi connectivity index (χ4v) is 1.23. The van der Waals surface area contributed by atoms with E-state index in [0.29, 0.717) is 11.4 Å². The average molecular weight is 253 g/mol. The van der Waals surface area contributed by atoms with Crippen LogP contribution in [0, 0.1) is 0 Å². The van der Waals surface area contributed by atoms with Gasteiger partial charge in [0.15, 0.2) is 0 Å². The Morgan fingerprint density at radius 2 is 2.22 bits per heavy atom. The van der Waals surface area contributed by atoms with Crippen molar-refractivity contribution in [3.05, 3.63) is 24.0 Å². The predicted molar refractivity (Wildman–Crippen MR) is 68.5 cm³/mol. The van der Waals surface area contributed by atoms with Gasteiger partial charge in [0.1, 0.15) is 11.3 Å². The highest BCUT2D eigenvalue weighted by molar-refractivity contribution is 5.92. The van der Waals surface area contributed by atoms with Crippen molar-refractivity contribution in [1.82, 2.24) is 9.88 Å². The Balaban J connectivity index is 2.74. The molecule has 0 radical (unpaired) electrons. The van der Waals surface area contributed by atoms with Crippen LogP contribution in [0.3, 0.4) is 0 Å². The molecule has 6 nitrogen and oxygen atoms in total. The fourth-order valence-electron chi connectivity index (χ4n) is 1.23. The number of pyridine rings is 1. The van der Waals surface area contributed by atoms with Crippen LogP contribution in [0.4, 0.5) is 5.69 Å². The van der Waals surface area contributed by atoms with Crippen LogP contribution >= 0.6 is 0 Å². The number of carbonyl (C=O) groups excluding carboxylic acids is 1. The molecule has 1 amide bonds. The highest BCUT2D eigenvalue weighted by Gasteiger charge is 2.18. The van der Waals surface area contributed by atoms with Crippen molar-refractivity contribution >= 4 is 11.6 Å². The zero-order valence-corrected chi connectivity index (χ0v) is 10.8. The van der Waals surface area contributed by atoms with E-state index in [0.717, 1.165) is 0 Å². The maximum atomic E-state index is 11.7. The molecule has 0 saturated carbocycles. The number of amides is 1. The molecule has 0 spiro atoms. The quantitative estimate of drug-likeness (QED) is 0.684. The summed E-state index contributed by atoms with van der Waals surface area (Å²) < 4.78 is 0. The van der Waals surface area contributed by atoms with Crippen LogP contribution in [-0.2, 0) is 0 Å². The summed E-state index contributed by atoms with van der Waals surface area (Å²) in [5.41, 5.74) is -0.202. The summed E-state index contributed by atoms with van der Waals surface area (Å²) in [5.74, 6) is -0.187. The van der Waals surface area contributed by atoms with Gasteiger partial charge in [0.25, 0.3) is 5.91 Å². The Kier molecular flexibility index (Phi) is 4.63. The zero-order valence-electron chi connectivity index (χ0n) is 10.8. The molecule has 100 valence electrons. The minimum absolute atomic E-state index is 0.184. The molecule has 3 N–H and O–H groups in total. The Hall–Kier alpha value is -1.66. The minimum atomic E-state index is -1.20. The van der Waals surface area contributed by atoms with Crippen molar-refractivity contribution in [1.29, 1.82) is 0 Å². The molecular formula is C12H19N3O3. The molecule has 0 aliphatic carbocycles. The van der Waals surface area contributed by atoms with E-state index in [4.69, 9.17) is 5.11 Å². The molecule has 1 aromatic rings. The Morgan fingerprint density at radius 3 is 2.78 bits per heavy atom. The first kappa shape index (κ1) is 14.4. The van der Waals surface area contributed by atoms with Crippen molar-refractivity contribution < 1.29 is 15.0 Å². The lowest BCUT2D eigenvalue weighted by atomic mass is 10.1. The van der Waals surface area contributed by atoms with E-state index in [9.17, 15) is 9.90 Å². The van der Waals surface area contributed by atoms with Crippen molar-refractivity contribution in [3.63, 3.8) is 0 Å². The topological polar surface area (TPSA) is 85.7 Å². The second-order valence-electron chi connectivity index (χ2n) is 4.64. The number of aromatic nitrogens is 1. The molecule has 6 heteroatoms. The van der Waals surface area contributed by atoms with Crippen LogP contribution in [0.2, 0.25) is 0 Å². The Labute approximate surface area is 106 Å². The molecule has 0 saturated heterocycles. The van der Waals surface area contributed by atoms with E-state index >= 15 is 0 Å². The molecule has 0 aromatic carbocycles. The second-order valence-corrected chi connectivity index (χ2v) is 4.64. The molecule has 1 atom stereocenters. The lowest BCUT2D eigenvalue weighted by Crippen LogP contribution is -2.37. The van der Waals surface area contributed by atoms with E-state index in [1.807, 2.05) is 0 Å². The third kappa shape index (κ3) is 3.97. The van der Waals surface area contributed by atoms with Gasteiger partial charge in [0, 0.05) is 32.5 Å². The van der Waals surface area contributed by atoms with Crippen LogP contribution in [0.1, 0.15) is 17.4 Å². The van der Waals surface area contributed by atoms with E-state index in [-0.39, 0.29) is 19.1 Å². The summed E-state index contributed by atoms with van der Waals surface area (Å²) in [6.45, 7) is 1.37. The Morgan fingerprint density at radius 1 is 1.56 bits per heavy atom. The lowest BCUT2D eigenvalue weighted by Gasteiger charge is -2.21. The standard InChI is InChI=1S/C12H19N3O3/c1-12(18,8-16)7-14-9-4-5-13-10(6-9)11(17)15(2)3/h4-6,16,18H,7-8H2,1-3H3,(H,13,14). The van der Waals surface area contributed by atoms with Gasteiger partial charge in [-0.05, 0) is 19.1 Å². The van der Waals surface area contributed by atoms with Crippen LogP contribution in [0.5, 0.6) is 0 Å². The number of aliphatic hydroxyl groups excluding tert-OH is 1. The van der Waals surface area contributed by atoms with E-state index in [1.54, 1.807) is 26.2 Å². The molecule has 0 aliphatic heterocycles. The number of anilines is 1. The Bertz CT molecular complexity index is 419. The number of aliphatic hydroxyl groups is 2. The van der Waals surface area contributed by atoms with Crippen molar-refractivity contribution in [2.24, 2.45) is 0 Å². The first-order valence-corrected chi connectivity index (χ1v) is 5.60. The van der Waals surface area contributed by atoms with E-state index < -0.39 is 5.60 Å². The number of carbonyl (C=O) groups is 1. The normalized spacial score (nSPS) is 13.8. The first-order chi connectivity index (χ1) is 8.35. The molecule has 1 unspecified atom stereocenters. The molecule has 1 aromatic heterocycles. The summed E-state index contributed by atoms with van der Waals surface area (Å²) >= 11 is 0. The fraction of sp³-hybridized carbons (Fsp3) is 0.500.